The summed E-state index contributed by atoms with van der Waals surface area (Å²) in [6.45, 7) is -1.26. The Bertz CT molecular complexity index is 334. The number of rotatable bonds is 6. The minimum atomic E-state index is -4.42. The highest BCUT2D eigenvalue weighted by molar-refractivity contribution is 5.78. The molecular weight excluding hydrogens is 265 g/mol. The van der Waals surface area contributed by atoms with Crippen molar-refractivity contribution in [1.29, 1.82) is 0 Å². The molecule has 1 aliphatic rings. The number of carboxylic acids is 1. The van der Waals surface area contributed by atoms with Crippen LogP contribution in [0.25, 0.3) is 0 Å². The predicted octanol–water partition coefficient (Wildman–Crippen LogP) is 0.755. The van der Waals surface area contributed by atoms with Crippen molar-refractivity contribution in [3.63, 3.8) is 0 Å². The number of carbonyl (C=O) groups excluding carboxylic acids is 1. The van der Waals surface area contributed by atoms with Crippen LogP contribution < -0.4 is 10.6 Å². The molecule has 8 heteroatoms. The van der Waals surface area contributed by atoms with E-state index in [2.05, 4.69) is 5.32 Å². The molecule has 0 radical (unpaired) electrons. The van der Waals surface area contributed by atoms with Crippen LogP contribution in [0.1, 0.15) is 19.3 Å². The Morgan fingerprint density at radius 1 is 1.26 bits per heavy atom. The number of carboxylic acid groups (broad SMARTS) is 1. The zero-order valence-electron chi connectivity index (χ0n) is 10.3. The topological polar surface area (TPSA) is 78.4 Å². The number of alkyl halides is 3. The summed E-state index contributed by atoms with van der Waals surface area (Å²) < 4.78 is 35.5. The van der Waals surface area contributed by atoms with Crippen LogP contribution >= 0.6 is 0 Å². The fraction of sp³-hybridized carbons (Fsp3) is 0.818. The van der Waals surface area contributed by atoms with E-state index in [9.17, 15) is 22.8 Å². The summed E-state index contributed by atoms with van der Waals surface area (Å²) in [7, 11) is 0. The smallest absolute Gasteiger partial charge is 0.405 e. The van der Waals surface area contributed by atoms with Gasteiger partial charge in [-0.25, -0.2) is 0 Å². The second-order valence-electron chi connectivity index (χ2n) is 4.66. The van der Waals surface area contributed by atoms with Crippen molar-refractivity contribution >= 4 is 11.9 Å². The van der Waals surface area contributed by atoms with Crippen molar-refractivity contribution in [2.75, 3.05) is 19.6 Å². The van der Waals surface area contributed by atoms with Gasteiger partial charge in [0.25, 0.3) is 0 Å². The molecule has 110 valence electrons. The van der Waals surface area contributed by atoms with Gasteiger partial charge in [0.05, 0.1) is 12.5 Å². The molecule has 5 nitrogen and oxygen atoms in total. The largest absolute Gasteiger partial charge is 0.481 e. The predicted molar refractivity (Wildman–Crippen MR) is 60.4 cm³/mol. The molecule has 1 amide bonds. The SMILES string of the molecule is O=C(CNCC1CCCC1C(=O)O)NCC(F)(F)F. The normalized spacial score (nSPS) is 23.3. The molecule has 2 atom stereocenters. The fourth-order valence-electron chi connectivity index (χ4n) is 2.24. The number of hydrogen-bond acceptors (Lipinski definition) is 3. The average molecular weight is 282 g/mol. The Hall–Kier alpha value is -1.31. The highest BCUT2D eigenvalue weighted by atomic mass is 19.4. The van der Waals surface area contributed by atoms with E-state index in [-0.39, 0.29) is 12.5 Å². The summed E-state index contributed by atoms with van der Waals surface area (Å²) in [5.74, 6) is -2.09. The summed E-state index contributed by atoms with van der Waals surface area (Å²) >= 11 is 0. The van der Waals surface area contributed by atoms with Crippen molar-refractivity contribution in [2.45, 2.75) is 25.4 Å². The first kappa shape index (κ1) is 15.7. The Morgan fingerprint density at radius 2 is 1.95 bits per heavy atom. The maximum Gasteiger partial charge on any atom is 0.405 e. The fourth-order valence-corrected chi connectivity index (χ4v) is 2.24. The molecule has 0 aromatic heterocycles. The van der Waals surface area contributed by atoms with E-state index in [1.165, 1.54) is 0 Å². The summed E-state index contributed by atoms with van der Waals surface area (Å²) in [4.78, 5) is 22.0. The molecule has 1 saturated carbocycles. The van der Waals surface area contributed by atoms with Gasteiger partial charge in [-0.1, -0.05) is 6.42 Å². The molecule has 0 aliphatic heterocycles. The van der Waals surface area contributed by atoms with E-state index >= 15 is 0 Å². The van der Waals surface area contributed by atoms with E-state index in [0.717, 1.165) is 12.8 Å². The van der Waals surface area contributed by atoms with Crippen LogP contribution in [0.4, 0.5) is 13.2 Å². The van der Waals surface area contributed by atoms with Gasteiger partial charge in [-0.05, 0) is 25.3 Å². The van der Waals surface area contributed by atoms with Crippen molar-refractivity contribution in [3.05, 3.63) is 0 Å². The van der Waals surface area contributed by atoms with E-state index in [1.54, 1.807) is 5.32 Å². The third kappa shape index (κ3) is 5.91. The van der Waals surface area contributed by atoms with Crippen molar-refractivity contribution < 1.29 is 27.9 Å². The number of amides is 1. The molecule has 2 unspecified atom stereocenters. The van der Waals surface area contributed by atoms with Gasteiger partial charge in [0.2, 0.25) is 5.91 Å². The Labute approximate surface area is 108 Å². The van der Waals surface area contributed by atoms with Gasteiger partial charge in [0, 0.05) is 0 Å². The number of carbonyl (C=O) groups is 2. The minimum absolute atomic E-state index is 0.0621. The molecule has 1 aliphatic carbocycles. The van der Waals surface area contributed by atoms with E-state index in [0.29, 0.717) is 13.0 Å². The standard InChI is InChI=1S/C11H17F3N2O3/c12-11(13,14)6-16-9(17)5-15-4-7-2-1-3-8(7)10(18)19/h7-8,15H,1-6H2,(H,16,17)(H,18,19). The van der Waals surface area contributed by atoms with Crippen LogP contribution in [-0.4, -0.2) is 42.8 Å². The highest BCUT2D eigenvalue weighted by Crippen LogP contribution is 2.31. The van der Waals surface area contributed by atoms with Crippen molar-refractivity contribution in [2.24, 2.45) is 11.8 Å². The second kappa shape index (κ2) is 6.74. The maximum atomic E-state index is 11.8. The average Bonchev–Trinajstić information content (AvgIpc) is 2.74. The van der Waals surface area contributed by atoms with Crippen molar-refractivity contribution in [3.8, 4) is 0 Å². The number of nitrogens with one attached hydrogen (secondary N) is 2. The zero-order chi connectivity index (χ0) is 14.5. The first-order chi connectivity index (χ1) is 8.79. The Kier molecular flexibility index (Phi) is 5.59. The maximum absolute atomic E-state index is 11.8. The quantitative estimate of drug-likeness (QED) is 0.672. The lowest BCUT2D eigenvalue weighted by atomic mass is 9.96. The number of aliphatic carboxylic acids is 1. The monoisotopic (exact) mass is 282 g/mol. The summed E-state index contributed by atoms with van der Waals surface area (Å²) in [5.41, 5.74) is 0. The van der Waals surface area contributed by atoms with Crippen LogP contribution in [0.15, 0.2) is 0 Å². The first-order valence-corrected chi connectivity index (χ1v) is 6.06. The van der Waals surface area contributed by atoms with Crippen LogP contribution in [0, 0.1) is 11.8 Å². The van der Waals surface area contributed by atoms with E-state index < -0.39 is 30.5 Å². The molecule has 0 aromatic rings. The zero-order valence-corrected chi connectivity index (χ0v) is 10.3. The molecule has 3 N–H and O–H groups in total. The molecule has 19 heavy (non-hydrogen) atoms. The van der Waals surface area contributed by atoms with E-state index in [1.807, 2.05) is 0 Å². The van der Waals surface area contributed by atoms with Gasteiger partial charge in [-0.3, -0.25) is 9.59 Å². The van der Waals surface area contributed by atoms with Crippen LogP contribution in [-0.2, 0) is 9.59 Å². The molecule has 0 heterocycles. The summed E-state index contributed by atoms with van der Waals surface area (Å²) in [6.07, 6.45) is -2.23. The van der Waals surface area contributed by atoms with E-state index in [4.69, 9.17) is 5.11 Å². The van der Waals surface area contributed by atoms with Crippen LogP contribution in [0.2, 0.25) is 0 Å². The second-order valence-corrected chi connectivity index (χ2v) is 4.66. The molecular formula is C11H17F3N2O3. The van der Waals surface area contributed by atoms with Crippen LogP contribution in [0.3, 0.4) is 0 Å². The molecule has 0 bridgehead atoms. The number of hydrogen-bond donors (Lipinski definition) is 3. The third-order valence-electron chi connectivity index (χ3n) is 3.15. The first-order valence-electron chi connectivity index (χ1n) is 6.06. The highest BCUT2D eigenvalue weighted by Gasteiger charge is 2.32. The molecule has 1 rings (SSSR count). The lowest BCUT2D eigenvalue weighted by molar-refractivity contribution is -0.142. The van der Waals surface area contributed by atoms with Gasteiger partial charge in [-0.2, -0.15) is 13.2 Å². The van der Waals surface area contributed by atoms with Gasteiger partial charge in [0.15, 0.2) is 0 Å². The molecule has 1 fully saturated rings. The summed E-state index contributed by atoms with van der Waals surface area (Å²) in [5, 5.41) is 13.4. The molecule has 0 saturated heterocycles. The Balaban J connectivity index is 2.19. The van der Waals surface area contributed by atoms with Gasteiger partial charge in [-0.15, -0.1) is 0 Å². The van der Waals surface area contributed by atoms with Gasteiger partial charge in [0.1, 0.15) is 6.54 Å². The molecule has 0 spiro atoms. The Morgan fingerprint density at radius 3 is 2.53 bits per heavy atom. The lowest BCUT2D eigenvalue weighted by Gasteiger charge is -2.16. The lowest BCUT2D eigenvalue weighted by Crippen LogP contribution is -2.40. The number of halogens is 3. The minimum Gasteiger partial charge on any atom is -0.481 e. The molecule has 0 aromatic carbocycles. The third-order valence-corrected chi connectivity index (χ3v) is 3.15. The van der Waals surface area contributed by atoms with Gasteiger partial charge >= 0.3 is 12.1 Å². The van der Waals surface area contributed by atoms with Crippen molar-refractivity contribution in [1.82, 2.24) is 10.6 Å². The van der Waals surface area contributed by atoms with Gasteiger partial charge < -0.3 is 15.7 Å². The van der Waals surface area contributed by atoms with Crippen LogP contribution in [0.5, 0.6) is 0 Å². The summed E-state index contributed by atoms with van der Waals surface area (Å²) in [6, 6.07) is 0.